The largest absolute Gasteiger partial charge is 0.370 e. The maximum absolute atomic E-state index is 13.8. The summed E-state index contributed by atoms with van der Waals surface area (Å²) < 4.78 is 14.9. The van der Waals surface area contributed by atoms with Crippen LogP contribution in [0.5, 0.6) is 0 Å². The number of amides is 1. The Labute approximate surface area is 210 Å². The van der Waals surface area contributed by atoms with Crippen molar-refractivity contribution < 1.29 is 9.18 Å². The number of hydrogen-bond acceptors (Lipinski definition) is 7. The molecule has 4 aromatic heterocycles. The fourth-order valence-corrected chi connectivity index (χ4v) is 4.25. The number of anilines is 2. The molecule has 4 aromatic rings. The molecule has 5 rings (SSSR count). The molecule has 0 bridgehead atoms. The number of halogens is 2. The standard InChI is InChI=1S/C24H24ClFN8O2/c25-19-12-32-23(28-7-5-16-4-3-15-2-1-6-27-21(15)33-16)24(36)34(19)13-20(35)29-9-14-8-17-18(26)11-31-22(17)30-10-14/h3-4,8,10-12H,1-2,5-7,9,13H2,(H,27,33)(H,28,32)(H,29,35)(H,30,31). The Kier molecular flexibility index (Phi) is 6.81. The van der Waals surface area contributed by atoms with Crippen molar-refractivity contribution in [1.82, 2.24) is 29.8 Å². The summed E-state index contributed by atoms with van der Waals surface area (Å²) in [7, 11) is 0. The average Bonchev–Trinajstić information content (AvgIpc) is 3.26. The number of aryl methyl sites for hydroxylation is 1. The molecule has 1 amide bonds. The van der Waals surface area contributed by atoms with E-state index in [1.165, 1.54) is 18.0 Å². The van der Waals surface area contributed by atoms with Gasteiger partial charge in [-0.15, -0.1) is 0 Å². The van der Waals surface area contributed by atoms with E-state index >= 15 is 0 Å². The van der Waals surface area contributed by atoms with Gasteiger partial charge in [-0.25, -0.2) is 19.3 Å². The van der Waals surface area contributed by atoms with E-state index in [2.05, 4.69) is 42.0 Å². The molecule has 0 atom stereocenters. The summed E-state index contributed by atoms with van der Waals surface area (Å²) in [5.41, 5.74) is 2.66. The number of aromatic amines is 1. The molecule has 0 saturated carbocycles. The summed E-state index contributed by atoms with van der Waals surface area (Å²) in [6.07, 6.45) is 6.81. The van der Waals surface area contributed by atoms with E-state index in [1.54, 1.807) is 12.3 Å². The van der Waals surface area contributed by atoms with E-state index in [-0.39, 0.29) is 24.1 Å². The van der Waals surface area contributed by atoms with Gasteiger partial charge >= 0.3 is 0 Å². The summed E-state index contributed by atoms with van der Waals surface area (Å²) in [6.45, 7) is 1.19. The summed E-state index contributed by atoms with van der Waals surface area (Å²) in [4.78, 5) is 41.0. The lowest BCUT2D eigenvalue weighted by Gasteiger charge is -2.17. The number of fused-ring (bicyclic) bond motifs is 2. The highest BCUT2D eigenvalue weighted by Gasteiger charge is 2.14. The van der Waals surface area contributed by atoms with Crippen LogP contribution in [-0.2, 0) is 30.7 Å². The van der Waals surface area contributed by atoms with E-state index in [1.807, 2.05) is 6.07 Å². The van der Waals surface area contributed by atoms with Gasteiger partial charge in [-0.05, 0) is 36.1 Å². The Morgan fingerprint density at radius 2 is 2.14 bits per heavy atom. The maximum Gasteiger partial charge on any atom is 0.294 e. The van der Waals surface area contributed by atoms with Gasteiger partial charge in [0.25, 0.3) is 5.56 Å². The van der Waals surface area contributed by atoms with Gasteiger partial charge in [0.2, 0.25) is 5.91 Å². The number of pyridine rings is 2. The number of aromatic nitrogens is 5. The Morgan fingerprint density at radius 1 is 1.25 bits per heavy atom. The van der Waals surface area contributed by atoms with Gasteiger partial charge < -0.3 is 20.9 Å². The van der Waals surface area contributed by atoms with Crippen LogP contribution in [0.25, 0.3) is 11.0 Å². The van der Waals surface area contributed by atoms with Crippen molar-refractivity contribution in [3.8, 4) is 0 Å². The second-order valence-corrected chi connectivity index (χ2v) is 8.88. The van der Waals surface area contributed by atoms with E-state index < -0.39 is 17.3 Å². The highest BCUT2D eigenvalue weighted by molar-refractivity contribution is 6.29. The first-order chi connectivity index (χ1) is 17.5. The first-order valence-electron chi connectivity index (χ1n) is 11.6. The van der Waals surface area contributed by atoms with Gasteiger partial charge in [-0.3, -0.25) is 14.2 Å². The summed E-state index contributed by atoms with van der Waals surface area (Å²) in [5.74, 6) is 0.169. The van der Waals surface area contributed by atoms with Crippen LogP contribution >= 0.6 is 11.6 Å². The Hall–Kier alpha value is -3.99. The van der Waals surface area contributed by atoms with Crippen molar-refractivity contribution in [3.63, 3.8) is 0 Å². The highest BCUT2D eigenvalue weighted by Crippen LogP contribution is 2.20. The number of rotatable bonds is 8. The molecule has 1 aliphatic heterocycles. The molecule has 0 unspecified atom stereocenters. The van der Waals surface area contributed by atoms with Crippen molar-refractivity contribution in [2.75, 3.05) is 23.7 Å². The molecule has 0 spiro atoms. The quantitative estimate of drug-likeness (QED) is 0.287. The van der Waals surface area contributed by atoms with Crippen LogP contribution in [0, 0.1) is 5.82 Å². The zero-order valence-corrected chi connectivity index (χ0v) is 20.0. The number of carbonyl (C=O) groups is 1. The maximum atomic E-state index is 13.8. The molecule has 0 aliphatic carbocycles. The molecule has 186 valence electrons. The van der Waals surface area contributed by atoms with Crippen molar-refractivity contribution in [3.05, 3.63) is 74.9 Å². The fourth-order valence-electron chi connectivity index (χ4n) is 4.06. The second-order valence-electron chi connectivity index (χ2n) is 8.49. The zero-order chi connectivity index (χ0) is 25.1. The van der Waals surface area contributed by atoms with E-state index in [4.69, 9.17) is 11.6 Å². The Morgan fingerprint density at radius 3 is 3.03 bits per heavy atom. The average molecular weight is 511 g/mol. The molecule has 36 heavy (non-hydrogen) atoms. The highest BCUT2D eigenvalue weighted by atomic mass is 35.5. The van der Waals surface area contributed by atoms with Gasteiger partial charge in [0.1, 0.15) is 29.0 Å². The third-order valence-electron chi connectivity index (χ3n) is 5.96. The minimum atomic E-state index is -0.504. The number of nitrogens with one attached hydrogen (secondary N) is 4. The van der Waals surface area contributed by atoms with Crippen LogP contribution in [0.4, 0.5) is 16.0 Å². The van der Waals surface area contributed by atoms with Crippen LogP contribution in [-0.4, -0.2) is 43.5 Å². The zero-order valence-electron chi connectivity index (χ0n) is 19.3. The summed E-state index contributed by atoms with van der Waals surface area (Å²) in [5, 5.41) is 9.41. The van der Waals surface area contributed by atoms with E-state index in [0.29, 0.717) is 29.6 Å². The molecule has 0 fully saturated rings. The van der Waals surface area contributed by atoms with Gasteiger partial charge in [0.15, 0.2) is 5.82 Å². The minimum absolute atomic E-state index is 0.0422. The van der Waals surface area contributed by atoms with Crippen LogP contribution in [0.15, 0.2) is 41.6 Å². The predicted molar refractivity (Wildman–Crippen MR) is 135 cm³/mol. The fraction of sp³-hybridized carbons (Fsp3) is 0.292. The Balaban J connectivity index is 1.19. The molecular formula is C24H24ClFN8O2. The van der Waals surface area contributed by atoms with Crippen LogP contribution in [0.3, 0.4) is 0 Å². The van der Waals surface area contributed by atoms with Crippen LogP contribution in [0.2, 0.25) is 5.15 Å². The first kappa shape index (κ1) is 23.7. The van der Waals surface area contributed by atoms with E-state index in [0.717, 1.165) is 35.5 Å². The predicted octanol–water partition coefficient (Wildman–Crippen LogP) is 2.64. The number of carbonyl (C=O) groups excluding carboxylic acids is 1. The van der Waals surface area contributed by atoms with Gasteiger partial charge in [0, 0.05) is 44.1 Å². The molecule has 0 aromatic carbocycles. The topological polar surface area (TPSA) is 130 Å². The number of nitrogens with zero attached hydrogens (tertiary/aromatic N) is 4. The number of hydrogen-bond donors (Lipinski definition) is 4. The molecular weight excluding hydrogens is 487 g/mol. The molecule has 1 aliphatic rings. The lowest BCUT2D eigenvalue weighted by Crippen LogP contribution is -2.34. The van der Waals surface area contributed by atoms with Crippen LogP contribution in [0.1, 0.15) is 23.2 Å². The SMILES string of the molecule is O=C(Cn1c(Cl)cnc(NCCc2ccc3c(n2)NCCC3)c1=O)NCc1cnc2[nH]cc(F)c2c1. The summed E-state index contributed by atoms with van der Waals surface area (Å²) in [6, 6.07) is 5.68. The molecule has 10 nitrogen and oxygen atoms in total. The van der Waals surface area contributed by atoms with Crippen molar-refractivity contribution >= 4 is 40.2 Å². The van der Waals surface area contributed by atoms with Gasteiger partial charge in [0.05, 0.1) is 11.6 Å². The normalized spacial score (nSPS) is 12.7. The van der Waals surface area contributed by atoms with Crippen molar-refractivity contribution in [2.45, 2.75) is 32.4 Å². The monoisotopic (exact) mass is 510 g/mol. The molecule has 0 radical (unpaired) electrons. The van der Waals surface area contributed by atoms with Gasteiger partial charge in [-0.1, -0.05) is 17.7 Å². The lowest BCUT2D eigenvalue weighted by molar-refractivity contribution is -0.121. The van der Waals surface area contributed by atoms with Crippen molar-refractivity contribution in [1.29, 1.82) is 0 Å². The van der Waals surface area contributed by atoms with Gasteiger partial charge in [-0.2, -0.15) is 0 Å². The first-order valence-corrected chi connectivity index (χ1v) is 12.0. The lowest BCUT2D eigenvalue weighted by atomic mass is 10.1. The Bertz CT molecular complexity index is 1480. The molecule has 4 N–H and O–H groups in total. The molecule has 12 heteroatoms. The smallest absolute Gasteiger partial charge is 0.294 e. The summed E-state index contributed by atoms with van der Waals surface area (Å²) >= 11 is 6.15. The van der Waals surface area contributed by atoms with E-state index in [9.17, 15) is 14.0 Å². The van der Waals surface area contributed by atoms with Crippen LogP contribution < -0.4 is 21.5 Å². The number of H-pyrrole nitrogens is 1. The third-order valence-corrected chi connectivity index (χ3v) is 6.26. The third kappa shape index (κ3) is 5.15. The molecule has 5 heterocycles. The second kappa shape index (κ2) is 10.3. The molecule has 0 saturated heterocycles. The minimum Gasteiger partial charge on any atom is -0.370 e. The van der Waals surface area contributed by atoms with Crippen molar-refractivity contribution in [2.24, 2.45) is 0 Å².